The molecule has 0 unspecified atom stereocenters. The molecule has 4 heteroatoms. The summed E-state index contributed by atoms with van der Waals surface area (Å²) in [5.41, 5.74) is 6.05. The van der Waals surface area contributed by atoms with E-state index in [9.17, 15) is 5.11 Å². The lowest BCUT2D eigenvalue weighted by atomic mass is 9.99. The number of nitrogens with zero attached hydrogens (tertiary/aromatic N) is 1. The fourth-order valence-electron chi connectivity index (χ4n) is 2.13. The zero-order valence-electron chi connectivity index (χ0n) is 8.74. The predicted molar refractivity (Wildman–Crippen MR) is 60.6 cm³/mol. The fraction of sp³-hybridized carbons (Fsp3) is 0.545. The van der Waals surface area contributed by atoms with Crippen LogP contribution in [0.3, 0.4) is 0 Å². The van der Waals surface area contributed by atoms with E-state index < -0.39 is 0 Å². The molecule has 4 nitrogen and oxygen atoms in total. The van der Waals surface area contributed by atoms with Crippen molar-refractivity contribution < 1.29 is 5.11 Å². The van der Waals surface area contributed by atoms with Gasteiger partial charge in [-0.15, -0.1) is 0 Å². The monoisotopic (exact) mass is 207 g/mol. The van der Waals surface area contributed by atoms with Gasteiger partial charge in [-0.1, -0.05) is 12.8 Å². The van der Waals surface area contributed by atoms with Crippen LogP contribution in [-0.2, 0) is 0 Å². The van der Waals surface area contributed by atoms with Gasteiger partial charge in [0, 0.05) is 0 Å². The summed E-state index contributed by atoms with van der Waals surface area (Å²) in [5.74, 6) is 0.792. The number of nitrogens with two attached hydrogens (primary N) is 1. The van der Waals surface area contributed by atoms with Crippen LogP contribution in [0, 0.1) is 0 Å². The number of aromatic nitrogens is 1. The second-order valence-electron chi connectivity index (χ2n) is 4.25. The number of pyridine rings is 1. The van der Waals surface area contributed by atoms with E-state index in [1.165, 1.54) is 12.8 Å². The summed E-state index contributed by atoms with van der Waals surface area (Å²) in [5, 5.41) is 12.7. The van der Waals surface area contributed by atoms with Gasteiger partial charge in [0.25, 0.3) is 0 Å². The number of anilines is 2. The fourth-order valence-corrected chi connectivity index (χ4v) is 2.13. The Balaban J connectivity index is 2.09. The van der Waals surface area contributed by atoms with Gasteiger partial charge >= 0.3 is 0 Å². The van der Waals surface area contributed by atoms with Crippen LogP contribution in [0.5, 0.6) is 0 Å². The molecule has 0 bridgehead atoms. The van der Waals surface area contributed by atoms with E-state index in [1.807, 2.05) is 12.1 Å². The first-order valence-electron chi connectivity index (χ1n) is 5.35. The lowest BCUT2D eigenvalue weighted by Crippen LogP contribution is -2.39. The van der Waals surface area contributed by atoms with Gasteiger partial charge in [-0.3, -0.25) is 0 Å². The summed E-state index contributed by atoms with van der Waals surface area (Å²) in [6.45, 7) is 0.166. The third-order valence-corrected chi connectivity index (χ3v) is 3.04. The minimum absolute atomic E-state index is 0.164. The molecule has 1 aliphatic carbocycles. The van der Waals surface area contributed by atoms with Crippen LogP contribution in [0.2, 0.25) is 0 Å². The minimum Gasteiger partial charge on any atom is -0.397 e. The first-order valence-corrected chi connectivity index (χ1v) is 5.35. The van der Waals surface area contributed by atoms with Crippen molar-refractivity contribution in [1.82, 2.24) is 4.98 Å². The third-order valence-electron chi connectivity index (χ3n) is 3.04. The highest BCUT2D eigenvalue weighted by Crippen LogP contribution is 2.32. The second-order valence-corrected chi connectivity index (χ2v) is 4.25. The molecule has 0 spiro atoms. The van der Waals surface area contributed by atoms with Crippen molar-refractivity contribution in [1.29, 1.82) is 0 Å². The zero-order chi connectivity index (χ0) is 10.7. The Hall–Kier alpha value is -1.29. The van der Waals surface area contributed by atoms with Crippen LogP contribution in [0.25, 0.3) is 0 Å². The Morgan fingerprint density at radius 1 is 1.40 bits per heavy atom. The lowest BCUT2D eigenvalue weighted by Gasteiger charge is -2.28. The van der Waals surface area contributed by atoms with Gasteiger partial charge < -0.3 is 16.2 Å². The van der Waals surface area contributed by atoms with E-state index in [-0.39, 0.29) is 12.1 Å². The summed E-state index contributed by atoms with van der Waals surface area (Å²) in [6.07, 6.45) is 5.98. The molecule has 1 heterocycles. The molecule has 0 aliphatic heterocycles. The van der Waals surface area contributed by atoms with Crippen molar-refractivity contribution >= 4 is 11.5 Å². The van der Waals surface area contributed by atoms with Crippen molar-refractivity contribution in [2.75, 3.05) is 17.7 Å². The maximum Gasteiger partial charge on any atom is 0.126 e. The predicted octanol–water partition coefficient (Wildman–Crippen LogP) is 1.38. The molecular weight excluding hydrogens is 190 g/mol. The first-order chi connectivity index (χ1) is 7.24. The van der Waals surface area contributed by atoms with Gasteiger partial charge in [0.05, 0.1) is 24.0 Å². The number of nitrogens with one attached hydrogen (secondary N) is 1. The molecule has 0 amide bonds. The minimum atomic E-state index is -0.164. The van der Waals surface area contributed by atoms with E-state index in [1.54, 1.807) is 6.20 Å². The largest absolute Gasteiger partial charge is 0.397 e. The standard InChI is InChI=1S/C11H17N3O/c12-9-3-4-10(13-7-9)14-11(8-15)5-1-2-6-11/h3-4,7,15H,1-2,5-6,8,12H2,(H,13,14). The van der Waals surface area contributed by atoms with Crippen LogP contribution < -0.4 is 11.1 Å². The van der Waals surface area contributed by atoms with Crippen LogP contribution in [0.4, 0.5) is 11.5 Å². The van der Waals surface area contributed by atoms with Crippen molar-refractivity contribution in [3.63, 3.8) is 0 Å². The van der Waals surface area contributed by atoms with Crippen LogP contribution in [-0.4, -0.2) is 22.2 Å². The van der Waals surface area contributed by atoms with E-state index in [0.29, 0.717) is 5.69 Å². The summed E-state index contributed by atoms with van der Waals surface area (Å²) >= 11 is 0. The quantitative estimate of drug-likeness (QED) is 0.700. The Morgan fingerprint density at radius 3 is 2.67 bits per heavy atom. The molecule has 82 valence electrons. The SMILES string of the molecule is Nc1ccc(NC2(CO)CCCC2)nc1. The highest BCUT2D eigenvalue weighted by atomic mass is 16.3. The molecule has 0 radical (unpaired) electrons. The van der Waals surface area contributed by atoms with Crippen LogP contribution >= 0.6 is 0 Å². The average molecular weight is 207 g/mol. The smallest absolute Gasteiger partial charge is 0.126 e. The Bertz CT molecular complexity index is 317. The van der Waals surface area contributed by atoms with Crippen molar-refractivity contribution in [3.8, 4) is 0 Å². The average Bonchev–Trinajstić information content (AvgIpc) is 2.71. The molecule has 0 atom stereocenters. The molecule has 1 aromatic heterocycles. The van der Waals surface area contributed by atoms with E-state index in [4.69, 9.17) is 5.73 Å². The van der Waals surface area contributed by atoms with Gasteiger partial charge in [0.15, 0.2) is 0 Å². The van der Waals surface area contributed by atoms with Crippen LogP contribution in [0.15, 0.2) is 18.3 Å². The summed E-state index contributed by atoms with van der Waals surface area (Å²) < 4.78 is 0. The summed E-state index contributed by atoms with van der Waals surface area (Å²) in [7, 11) is 0. The molecule has 4 N–H and O–H groups in total. The van der Waals surface area contributed by atoms with Gasteiger partial charge in [0.2, 0.25) is 0 Å². The molecular formula is C11H17N3O. The van der Waals surface area contributed by atoms with E-state index in [0.717, 1.165) is 18.7 Å². The molecule has 1 saturated carbocycles. The Morgan fingerprint density at radius 2 is 2.13 bits per heavy atom. The highest BCUT2D eigenvalue weighted by Gasteiger charge is 2.33. The molecule has 15 heavy (non-hydrogen) atoms. The number of rotatable bonds is 3. The maximum atomic E-state index is 9.42. The number of aliphatic hydroxyl groups is 1. The highest BCUT2D eigenvalue weighted by molar-refractivity contribution is 5.45. The van der Waals surface area contributed by atoms with Crippen molar-refractivity contribution in [2.45, 2.75) is 31.2 Å². The van der Waals surface area contributed by atoms with Crippen molar-refractivity contribution in [2.24, 2.45) is 0 Å². The van der Waals surface area contributed by atoms with Gasteiger partial charge in [-0.2, -0.15) is 0 Å². The number of hydrogen-bond donors (Lipinski definition) is 3. The van der Waals surface area contributed by atoms with E-state index in [2.05, 4.69) is 10.3 Å². The molecule has 1 aliphatic rings. The van der Waals surface area contributed by atoms with E-state index >= 15 is 0 Å². The third kappa shape index (κ3) is 2.21. The Labute approximate surface area is 89.5 Å². The molecule has 0 saturated heterocycles. The second kappa shape index (κ2) is 4.06. The summed E-state index contributed by atoms with van der Waals surface area (Å²) in [6, 6.07) is 3.67. The first kappa shape index (κ1) is 10.2. The van der Waals surface area contributed by atoms with Crippen molar-refractivity contribution in [3.05, 3.63) is 18.3 Å². The molecule has 2 rings (SSSR count). The molecule has 0 aromatic carbocycles. The molecule has 1 aromatic rings. The van der Waals surface area contributed by atoms with Gasteiger partial charge in [-0.25, -0.2) is 4.98 Å². The van der Waals surface area contributed by atoms with Gasteiger partial charge in [0.1, 0.15) is 5.82 Å². The zero-order valence-corrected chi connectivity index (χ0v) is 8.74. The molecule has 1 fully saturated rings. The van der Waals surface area contributed by atoms with Gasteiger partial charge in [-0.05, 0) is 25.0 Å². The topological polar surface area (TPSA) is 71.2 Å². The Kier molecular flexibility index (Phi) is 2.77. The normalized spacial score (nSPS) is 19.0. The lowest BCUT2D eigenvalue weighted by molar-refractivity contribution is 0.214. The number of aliphatic hydroxyl groups excluding tert-OH is 1. The maximum absolute atomic E-state index is 9.42. The summed E-state index contributed by atoms with van der Waals surface area (Å²) in [4.78, 5) is 4.19. The van der Waals surface area contributed by atoms with Crippen LogP contribution in [0.1, 0.15) is 25.7 Å². The number of hydrogen-bond acceptors (Lipinski definition) is 4. The number of nitrogen functional groups attached to an aromatic ring is 1.